The predicted octanol–water partition coefficient (Wildman–Crippen LogP) is 4.49. The monoisotopic (exact) mass is 312 g/mol. The van der Waals surface area contributed by atoms with Gasteiger partial charge < -0.3 is 10.0 Å². The van der Waals surface area contributed by atoms with Crippen molar-refractivity contribution < 1.29 is 5.11 Å². The van der Waals surface area contributed by atoms with Gasteiger partial charge in [-0.25, -0.2) is 4.98 Å². The Morgan fingerprint density at radius 3 is 2.10 bits per heavy atom. The summed E-state index contributed by atoms with van der Waals surface area (Å²) < 4.78 is 0. The Hall–Kier alpha value is -0.610. The summed E-state index contributed by atoms with van der Waals surface area (Å²) in [6.07, 6.45) is 4.42. The Morgan fingerprint density at radius 2 is 1.67 bits per heavy atom. The van der Waals surface area contributed by atoms with Gasteiger partial charge in [-0.2, -0.15) is 0 Å². The van der Waals surface area contributed by atoms with Gasteiger partial charge in [0.2, 0.25) is 0 Å². The van der Waals surface area contributed by atoms with Crippen molar-refractivity contribution in [3.05, 3.63) is 10.6 Å². The van der Waals surface area contributed by atoms with E-state index < -0.39 is 0 Å². The van der Waals surface area contributed by atoms with Crippen LogP contribution in [0.2, 0.25) is 0 Å². The van der Waals surface area contributed by atoms with E-state index in [1.54, 1.807) is 11.3 Å². The van der Waals surface area contributed by atoms with E-state index in [1.165, 1.54) is 12.8 Å². The van der Waals surface area contributed by atoms with Crippen LogP contribution in [-0.4, -0.2) is 23.2 Å². The standard InChI is InChI=1S/C17H32N2OS/c1-6-7-15-16(12-20)21-17(18-15)19(10-8-13(2)3)11-9-14(4)5/h13-14,20H,6-12H2,1-5H3. The third-order valence-electron chi connectivity index (χ3n) is 3.62. The van der Waals surface area contributed by atoms with Crippen LogP contribution >= 0.6 is 11.3 Å². The summed E-state index contributed by atoms with van der Waals surface area (Å²) in [5, 5.41) is 10.6. The molecule has 0 radical (unpaired) electrons. The molecule has 3 nitrogen and oxygen atoms in total. The molecule has 0 aliphatic carbocycles. The molecule has 1 N–H and O–H groups in total. The van der Waals surface area contributed by atoms with E-state index in [2.05, 4.69) is 39.5 Å². The van der Waals surface area contributed by atoms with Crippen molar-refractivity contribution in [2.24, 2.45) is 11.8 Å². The fraction of sp³-hybridized carbons (Fsp3) is 0.824. The SMILES string of the molecule is CCCc1nc(N(CCC(C)C)CCC(C)C)sc1CO. The van der Waals surface area contributed by atoms with E-state index in [9.17, 15) is 5.11 Å². The third kappa shape index (κ3) is 6.35. The number of aliphatic hydroxyl groups excluding tert-OH is 1. The molecule has 0 spiro atoms. The second-order valence-corrected chi connectivity index (χ2v) is 7.69. The Bertz CT molecular complexity index is 389. The molecule has 4 heteroatoms. The molecular formula is C17H32N2OS. The van der Waals surface area contributed by atoms with Crippen molar-refractivity contribution >= 4 is 16.5 Å². The average molecular weight is 313 g/mol. The molecule has 0 fully saturated rings. The Labute approximate surface area is 134 Å². The van der Waals surface area contributed by atoms with Gasteiger partial charge in [-0.1, -0.05) is 52.4 Å². The normalized spacial score (nSPS) is 11.6. The van der Waals surface area contributed by atoms with Crippen LogP contribution in [-0.2, 0) is 13.0 Å². The first-order valence-corrected chi connectivity index (χ1v) is 9.13. The molecule has 0 amide bonds. The second-order valence-electron chi connectivity index (χ2n) is 6.63. The summed E-state index contributed by atoms with van der Waals surface area (Å²) in [5.74, 6) is 1.41. The van der Waals surface area contributed by atoms with E-state index in [0.29, 0.717) is 11.8 Å². The first kappa shape index (κ1) is 18.4. The van der Waals surface area contributed by atoms with Gasteiger partial charge in [0, 0.05) is 13.1 Å². The molecule has 1 aromatic rings. The van der Waals surface area contributed by atoms with Gasteiger partial charge in [-0.15, -0.1) is 0 Å². The van der Waals surface area contributed by atoms with Crippen LogP contribution in [0.1, 0.15) is 64.5 Å². The van der Waals surface area contributed by atoms with E-state index in [-0.39, 0.29) is 6.61 Å². The summed E-state index contributed by atoms with van der Waals surface area (Å²) in [7, 11) is 0. The zero-order valence-electron chi connectivity index (χ0n) is 14.4. The van der Waals surface area contributed by atoms with Crippen LogP contribution in [0.5, 0.6) is 0 Å². The maximum atomic E-state index is 9.53. The highest BCUT2D eigenvalue weighted by Crippen LogP contribution is 2.28. The quantitative estimate of drug-likeness (QED) is 0.691. The van der Waals surface area contributed by atoms with Crippen LogP contribution in [0.4, 0.5) is 5.13 Å². The van der Waals surface area contributed by atoms with E-state index in [1.807, 2.05) is 0 Å². The van der Waals surface area contributed by atoms with Gasteiger partial charge in [-0.3, -0.25) is 0 Å². The molecular weight excluding hydrogens is 280 g/mol. The minimum Gasteiger partial charge on any atom is -0.391 e. The van der Waals surface area contributed by atoms with Gasteiger partial charge in [0.05, 0.1) is 17.2 Å². The summed E-state index contributed by atoms with van der Waals surface area (Å²) >= 11 is 1.68. The molecule has 1 aromatic heterocycles. The zero-order chi connectivity index (χ0) is 15.8. The molecule has 0 saturated heterocycles. The number of aryl methyl sites for hydroxylation is 1. The minimum atomic E-state index is 0.120. The Kier molecular flexibility index (Phi) is 8.27. The lowest BCUT2D eigenvalue weighted by Crippen LogP contribution is -2.27. The first-order chi connectivity index (χ1) is 9.97. The number of rotatable bonds is 10. The summed E-state index contributed by atoms with van der Waals surface area (Å²) in [4.78, 5) is 8.28. The van der Waals surface area contributed by atoms with Crippen molar-refractivity contribution in [3.63, 3.8) is 0 Å². The molecule has 0 aliphatic rings. The lowest BCUT2D eigenvalue weighted by Gasteiger charge is -2.23. The van der Waals surface area contributed by atoms with Gasteiger partial charge in [0.15, 0.2) is 5.13 Å². The maximum Gasteiger partial charge on any atom is 0.185 e. The highest BCUT2D eigenvalue weighted by atomic mass is 32.1. The Balaban J connectivity index is 2.84. The summed E-state index contributed by atoms with van der Waals surface area (Å²) in [6.45, 7) is 13.5. The minimum absolute atomic E-state index is 0.120. The lowest BCUT2D eigenvalue weighted by atomic mass is 10.1. The number of nitrogens with zero attached hydrogens (tertiary/aromatic N) is 2. The molecule has 122 valence electrons. The smallest absolute Gasteiger partial charge is 0.185 e. The van der Waals surface area contributed by atoms with Crippen LogP contribution in [0.25, 0.3) is 0 Å². The molecule has 1 rings (SSSR count). The number of thiazole rings is 1. The molecule has 0 bridgehead atoms. The van der Waals surface area contributed by atoms with Crippen LogP contribution in [0.3, 0.4) is 0 Å². The van der Waals surface area contributed by atoms with Crippen molar-refractivity contribution in [2.75, 3.05) is 18.0 Å². The first-order valence-electron chi connectivity index (χ1n) is 8.32. The van der Waals surface area contributed by atoms with Crippen LogP contribution < -0.4 is 4.90 Å². The molecule has 21 heavy (non-hydrogen) atoms. The zero-order valence-corrected chi connectivity index (χ0v) is 15.2. The molecule has 0 aliphatic heterocycles. The Morgan fingerprint density at radius 1 is 1.10 bits per heavy atom. The van der Waals surface area contributed by atoms with Crippen molar-refractivity contribution in [2.45, 2.75) is 66.9 Å². The summed E-state index contributed by atoms with van der Waals surface area (Å²) in [5.41, 5.74) is 1.10. The third-order valence-corrected chi connectivity index (χ3v) is 4.76. The van der Waals surface area contributed by atoms with E-state index in [0.717, 1.165) is 41.6 Å². The highest BCUT2D eigenvalue weighted by molar-refractivity contribution is 7.15. The number of anilines is 1. The fourth-order valence-electron chi connectivity index (χ4n) is 2.19. The summed E-state index contributed by atoms with van der Waals surface area (Å²) in [6, 6.07) is 0. The largest absolute Gasteiger partial charge is 0.391 e. The number of hydrogen-bond acceptors (Lipinski definition) is 4. The number of aromatic nitrogens is 1. The average Bonchev–Trinajstić information content (AvgIpc) is 2.81. The van der Waals surface area contributed by atoms with Gasteiger partial charge >= 0.3 is 0 Å². The molecule has 0 saturated carbocycles. The molecule has 0 atom stereocenters. The number of aliphatic hydroxyl groups is 1. The van der Waals surface area contributed by atoms with Crippen LogP contribution in [0.15, 0.2) is 0 Å². The predicted molar refractivity (Wildman–Crippen MR) is 93.2 cm³/mol. The van der Waals surface area contributed by atoms with Gasteiger partial charge in [0.25, 0.3) is 0 Å². The van der Waals surface area contributed by atoms with Crippen molar-refractivity contribution in [3.8, 4) is 0 Å². The van der Waals surface area contributed by atoms with Crippen LogP contribution in [0, 0.1) is 11.8 Å². The fourth-order valence-corrected chi connectivity index (χ4v) is 3.21. The maximum absolute atomic E-state index is 9.53. The number of hydrogen-bond donors (Lipinski definition) is 1. The van der Waals surface area contributed by atoms with Crippen molar-refractivity contribution in [1.29, 1.82) is 0 Å². The molecule has 0 unspecified atom stereocenters. The molecule has 1 heterocycles. The van der Waals surface area contributed by atoms with Gasteiger partial charge in [-0.05, 0) is 31.1 Å². The molecule has 0 aromatic carbocycles. The van der Waals surface area contributed by atoms with E-state index in [4.69, 9.17) is 4.98 Å². The lowest BCUT2D eigenvalue weighted by molar-refractivity contribution is 0.284. The van der Waals surface area contributed by atoms with Crippen molar-refractivity contribution in [1.82, 2.24) is 4.98 Å². The van der Waals surface area contributed by atoms with Gasteiger partial charge in [0.1, 0.15) is 0 Å². The van der Waals surface area contributed by atoms with E-state index >= 15 is 0 Å². The second kappa shape index (κ2) is 9.42. The topological polar surface area (TPSA) is 36.4 Å². The highest BCUT2D eigenvalue weighted by Gasteiger charge is 2.16.